The standard InChI is InChI=1S/C17H23N5O2/c1-3-24-13-6-4-12(5-7-13)20-17(23)16-19-9-8-14(21-16)15-10-18-11-22(15)2/h8-13H,3-7H2,1-2H3,(H,20,23)/t12-,13-. The van der Waals surface area contributed by atoms with E-state index in [1.165, 1.54) is 0 Å². The summed E-state index contributed by atoms with van der Waals surface area (Å²) in [6.45, 7) is 2.76. The van der Waals surface area contributed by atoms with Crippen molar-refractivity contribution in [2.24, 2.45) is 7.05 Å². The number of nitrogens with zero attached hydrogens (tertiary/aromatic N) is 4. The van der Waals surface area contributed by atoms with Crippen LogP contribution in [0.2, 0.25) is 0 Å². The maximum absolute atomic E-state index is 12.4. The molecule has 0 atom stereocenters. The van der Waals surface area contributed by atoms with Gasteiger partial charge in [-0.2, -0.15) is 0 Å². The molecule has 1 fully saturated rings. The highest BCUT2D eigenvalue weighted by Crippen LogP contribution is 2.21. The molecule has 1 N–H and O–H groups in total. The van der Waals surface area contributed by atoms with E-state index in [0.29, 0.717) is 11.8 Å². The lowest BCUT2D eigenvalue weighted by Crippen LogP contribution is -2.39. The second-order valence-electron chi connectivity index (χ2n) is 6.06. The smallest absolute Gasteiger partial charge is 0.289 e. The maximum atomic E-state index is 12.4. The van der Waals surface area contributed by atoms with Gasteiger partial charge in [-0.05, 0) is 38.7 Å². The Bertz CT molecular complexity index is 692. The molecule has 3 rings (SSSR count). The van der Waals surface area contributed by atoms with Crippen LogP contribution in [0, 0.1) is 0 Å². The Morgan fingerprint density at radius 3 is 2.83 bits per heavy atom. The van der Waals surface area contributed by atoms with Crippen molar-refractivity contribution >= 4 is 5.91 Å². The average Bonchev–Trinajstić information content (AvgIpc) is 3.03. The molecule has 2 aromatic rings. The van der Waals surface area contributed by atoms with E-state index in [-0.39, 0.29) is 17.8 Å². The van der Waals surface area contributed by atoms with Crippen molar-refractivity contribution in [3.8, 4) is 11.4 Å². The Morgan fingerprint density at radius 2 is 2.17 bits per heavy atom. The fourth-order valence-electron chi connectivity index (χ4n) is 3.07. The first-order valence-corrected chi connectivity index (χ1v) is 8.39. The first-order chi connectivity index (χ1) is 11.7. The number of hydrogen-bond donors (Lipinski definition) is 1. The van der Waals surface area contributed by atoms with Gasteiger partial charge in [-0.3, -0.25) is 4.79 Å². The van der Waals surface area contributed by atoms with E-state index < -0.39 is 0 Å². The molecular weight excluding hydrogens is 306 g/mol. The van der Waals surface area contributed by atoms with E-state index >= 15 is 0 Å². The minimum Gasteiger partial charge on any atom is -0.379 e. The quantitative estimate of drug-likeness (QED) is 0.907. The van der Waals surface area contributed by atoms with Crippen LogP contribution < -0.4 is 5.32 Å². The van der Waals surface area contributed by atoms with E-state index in [1.807, 2.05) is 18.5 Å². The van der Waals surface area contributed by atoms with E-state index in [2.05, 4.69) is 20.3 Å². The molecule has 1 aliphatic rings. The molecular formula is C17H23N5O2. The molecule has 1 amide bonds. The average molecular weight is 329 g/mol. The van der Waals surface area contributed by atoms with Gasteiger partial charge in [0.15, 0.2) is 0 Å². The van der Waals surface area contributed by atoms with Gasteiger partial charge in [-0.15, -0.1) is 0 Å². The van der Waals surface area contributed by atoms with Gasteiger partial charge in [0, 0.05) is 25.9 Å². The summed E-state index contributed by atoms with van der Waals surface area (Å²) in [5.41, 5.74) is 1.54. The highest BCUT2D eigenvalue weighted by molar-refractivity contribution is 5.91. The summed E-state index contributed by atoms with van der Waals surface area (Å²) in [7, 11) is 1.89. The predicted octanol–water partition coefficient (Wildman–Crippen LogP) is 1.95. The molecule has 2 aromatic heterocycles. The van der Waals surface area contributed by atoms with Crippen molar-refractivity contribution in [2.75, 3.05) is 6.61 Å². The molecule has 128 valence electrons. The summed E-state index contributed by atoms with van der Waals surface area (Å²) in [5.74, 6) is -0.0282. The van der Waals surface area contributed by atoms with Crippen LogP contribution in [0.3, 0.4) is 0 Å². The van der Waals surface area contributed by atoms with Gasteiger partial charge in [-0.25, -0.2) is 15.0 Å². The molecule has 0 aliphatic heterocycles. The zero-order valence-corrected chi connectivity index (χ0v) is 14.1. The first kappa shape index (κ1) is 16.6. The predicted molar refractivity (Wildman–Crippen MR) is 89.4 cm³/mol. The molecule has 7 heteroatoms. The minimum atomic E-state index is -0.223. The molecule has 2 heterocycles. The number of carbonyl (C=O) groups excluding carboxylic acids is 1. The highest BCUT2D eigenvalue weighted by atomic mass is 16.5. The molecule has 24 heavy (non-hydrogen) atoms. The van der Waals surface area contributed by atoms with E-state index in [0.717, 1.165) is 38.0 Å². The van der Waals surface area contributed by atoms with E-state index in [9.17, 15) is 4.79 Å². The van der Waals surface area contributed by atoms with Crippen LogP contribution >= 0.6 is 0 Å². The molecule has 1 saturated carbocycles. The lowest BCUT2D eigenvalue weighted by atomic mass is 9.93. The minimum absolute atomic E-state index is 0.165. The monoisotopic (exact) mass is 329 g/mol. The third-order valence-electron chi connectivity index (χ3n) is 4.35. The van der Waals surface area contributed by atoms with Crippen LogP contribution in [0.4, 0.5) is 0 Å². The lowest BCUT2D eigenvalue weighted by molar-refractivity contribution is 0.0299. The summed E-state index contributed by atoms with van der Waals surface area (Å²) in [6, 6.07) is 1.94. The zero-order valence-electron chi connectivity index (χ0n) is 14.1. The van der Waals surface area contributed by atoms with Crippen molar-refractivity contribution in [1.29, 1.82) is 0 Å². The number of imidazole rings is 1. The third kappa shape index (κ3) is 3.79. The van der Waals surface area contributed by atoms with Gasteiger partial charge in [0.25, 0.3) is 5.91 Å². The molecule has 0 unspecified atom stereocenters. The number of aryl methyl sites for hydroxylation is 1. The fraction of sp³-hybridized carbons (Fsp3) is 0.529. The van der Waals surface area contributed by atoms with E-state index in [4.69, 9.17) is 4.74 Å². The van der Waals surface area contributed by atoms with Crippen LogP contribution in [0.1, 0.15) is 43.2 Å². The lowest BCUT2D eigenvalue weighted by Gasteiger charge is -2.28. The topological polar surface area (TPSA) is 81.9 Å². The summed E-state index contributed by atoms with van der Waals surface area (Å²) in [5, 5.41) is 3.04. The number of aromatic nitrogens is 4. The van der Waals surface area contributed by atoms with Gasteiger partial charge >= 0.3 is 0 Å². The maximum Gasteiger partial charge on any atom is 0.289 e. The Morgan fingerprint density at radius 1 is 1.38 bits per heavy atom. The second-order valence-corrected chi connectivity index (χ2v) is 6.06. The molecule has 0 saturated heterocycles. The van der Waals surface area contributed by atoms with Crippen molar-refractivity contribution in [1.82, 2.24) is 24.8 Å². The van der Waals surface area contributed by atoms with Crippen LogP contribution in [0.5, 0.6) is 0 Å². The Balaban J connectivity index is 1.63. The van der Waals surface area contributed by atoms with Gasteiger partial charge in [0.2, 0.25) is 5.82 Å². The second kappa shape index (κ2) is 7.53. The van der Waals surface area contributed by atoms with Gasteiger partial charge < -0.3 is 14.6 Å². The molecule has 0 aromatic carbocycles. The summed E-state index contributed by atoms with van der Waals surface area (Å²) in [4.78, 5) is 25.0. The number of nitrogens with one attached hydrogen (secondary N) is 1. The SMILES string of the molecule is CCO[C@H]1CC[C@H](NC(=O)c2nccc(-c3cncn3C)n2)CC1. The summed E-state index contributed by atoms with van der Waals surface area (Å²) in [6.07, 6.45) is 9.18. The summed E-state index contributed by atoms with van der Waals surface area (Å²) >= 11 is 0. The van der Waals surface area contributed by atoms with Crippen LogP contribution in [0.15, 0.2) is 24.8 Å². The number of hydrogen-bond acceptors (Lipinski definition) is 5. The van der Waals surface area contributed by atoms with Crippen molar-refractivity contribution in [3.05, 3.63) is 30.6 Å². The van der Waals surface area contributed by atoms with E-state index in [1.54, 1.807) is 24.8 Å². The van der Waals surface area contributed by atoms with Gasteiger partial charge in [0.05, 0.1) is 30.0 Å². The fourth-order valence-corrected chi connectivity index (χ4v) is 3.07. The largest absolute Gasteiger partial charge is 0.379 e. The summed E-state index contributed by atoms with van der Waals surface area (Å²) < 4.78 is 7.50. The molecule has 0 bridgehead atoms. The van der Waals surface area contributed by atoms with Gasteiger partial charge in [0.1, 0.15) is 0 Å². The molecule has 0 spiro atoms. The number of rotatable bonds is 5. The van der Waals surface area contributed by atoms with Crippen molar-refractivity contribution < 1.29 is 9.53 Å². The number of ether oxygens (including phenoxy) is 1. The molecule has 7 nitrogen and oxygen atoms in total. The Hall–Kier alpha value is -2.28. The zero-order chi connectivity index (χ0) is 16.9. The Labute approximate surface area is 141 Å². The van der Waals surface area contributed by atoms with Crippen molar-refractivity contribution in [2.45, 2.75) is 44.8 Å². The first-order valence-electron chi connectivity index (χ1n) is 8.39. The Kier molecular flexibility index (Phi) is 5.20. The van der Waals surface area contributed by atoms with Crippen LogP contribution in [0.25, 0.3) is 11.4 Å². The van der Waals surface area contributed by atoms with Crippen LogP contribution in [-0.4, -0.2) is 44.2 Å². The number of carbonyl (C=O) groups is 1. The molecule has 0 radical (unpaired) electrons. The third-order valence-corrected chi connectivity index (χ3v) is 4.35. The number of amides is 1. The van der Waals surface area contributed by atoms with Crippen LogP contribution in [-0.2, 0) is 11.8 Å². The normalized spacial score (nSPS) is 20.8. The van der Waals surface area contributed by atoms with Gasteiger partial charge in [-0.1, -0.05) is 0 Å². The van der Waals surface area contributed by atoms with Crippen molar-refractivity contribution in [3.63, 3.8) is 0 Å². The highest BCUT2D eigenvalue weighted by Gasteiger charge is 2.24. The molecule has 1 aliphatic carbocycles.